The first-order chi connectivity index (χ1) is 19.1. The lowest BCUT2D eigenvalue weighted by atomic mass is 10.1. The maximum absolute atomic E-state index is 12.6. The smallest absolute Gasteiger partial charge is 0.354 e. The van der Waals surface area contributed by atoms with Gasteiger partial charge < -0.3 is 31.0 Å². The number of benzene rings is 2. The molecule has 0 spiro atoms. The van der Waals surface area contributed by atoms with Crippen molar-refractivity contribution in [2.24, 2.45) is 5.73 Å². The molecule has 0 aliphatic rings. The summed E-state index contributed by atoms with van der Waals surface area (Å²) >= 11 is 0. The number of aromatic nitrogens is 4. The van der Waals surface area contributed by atoms with E-state index in [0.29, 0.717) is 18.0 Å². The van der Waals surface area contributed by atoms with Gasteiger partial charge in [0.2, 0.25) is 0 Å². The number of fused-ring (bicyclic) bond motifs is 2. The van der Waals surface area contributed by atoms with Crippen LogP contribution in [0.2, 0.25) is 0 Å². The number of oxazole rings is 1. The van der Waals surface area contributed by atoms with E-state index in [1.165, 1.54) is 13.2 Å². The Morgan fingerprint density at radius 3 is 2.44 bits per heavy atom. The number of nitrogens with two attached hydrogens (primary N) is 2. The van der Waals surface area contributed by atoms with E-state index in [4.69, 9.17) is 15.9 Å². The summed E-state index contributed by atoms with van der Waals surface area (Å²) in [5, 5.41) is 15.9. The number of nitrogen functional groups attached to an aromatic ring is 1. The molecule has 0 bridgehead atoms. The Hall–Kier alpha value is -5.01. The Kier molecular flexibility index (Phi) is 9.60. The summed E-state index contributed by atoms with van der Waals surface area (Å²) in [6, 6.07) is 14.4. The van der Waals surface area contributed by atoms with Crippen molar-refractivity contribution in [1.82, 2.24) is 24.9 Å². The zero-order chi connectivity index (χ0) is 29.0. The Labute approximate surface area is 239 Å². The highest BCUT2D eigenvalue weighted by Crippen LogP contribution is 2.17. The second-order valence-electron chi connectivity index (χ2n) is 8.72. The number of carbonyl (C=O) groups is 3. The molecule has 0 unspecified atom stereocenters. The molecule has 41 heavy (non-hydrogen) atoms. The standard InChI is InChI=1S/C18H17N5O5.C9H10N2O.ClH/c1-9(10-3-5-11(6-4-10)18(27)28-2)20-16(24)12-7-13(17(25)26)23-15(21-12)8-14(19)22-23;1-6-11-8-4-7(5-10)2-3-9(8)12-6;/h3-9H,1-2H3,(H2,19,22)(H,20,24)(H,25,26);2-4H,5,10H2,1H3;1H/t9-;;/m0../s1. The van der Waals surface area contributed by atoms with Crippen LogP contribution in [0, 0.1) is 6.92 Å². The lowest BCUT2D eigenvalue weighted by molar-refractivity contribution is 0.0599. The number of hydrogen-bond donors (Lipinski definition) is 4. The van der Waals surface area contributed by atoms with Crippen molar-refractivity contribution in [3.63, 3.8) is 0 Å². The summed E-state index contributed by atoms with van der Waals surface area (Å²) in [4.78, 5) is 43.8. The Morgan fingerprint density at radius 1 is 1.10 bits per heavy atom. The highest BCUT2D eigenvalue weighted by atomic mass is 35.5. The second-order valence-corrected chi connectivity index (χ2v) is 8.72. The molecule has 214 valence electrons. The molecule has 3 heterocycles. The highest BCUT2D eigenvalue weighted by Gasteiger charge is 2.19. The van der Waals surface area contributed by atoms with Crippen LogP contribution in [-0.2, 0) is 11.3 Å². The predicted octanol–water partition coefficient (Wildman–Crippen LogP) is 3.30. The van der Waals surface area contributed by atoms with Gasteiger partial charge in [-0.25, -0.2) is 24.1 Å². The van der Waals surface area contributed by atoms with Crippen molar-refractivity contribution in [2.45, 2.75) is 26.4 Å². The maximum atomic E-state index is 12.6. The third-order valence-corrected chi connectivity index (χ3v) is 5.87. The van der Waals surface area contributed by atoms with Gasteiger partial charge in [0.25, 0.3) is 5.91 Å². The Balaban J connectivity index is 0.000000296. The lowest BCUT2D eigenvalue weighted by Gasteiger charge is -2.15. The van der Waals surface area contributed by atoms with Crippen LogP contribution in [0.25, 0.3) is 16.7 Å². The van der Waals surface area contributed by atoms with Crippen molar-refractivity contribution in [3.8, 4) is 0 Å². The molecule has 13 nitrogen and oxygen atoms in total. The minimum Gasteiger partial charge on any atom is -0.477 e. The van der Waals surface area contributed by atoms with Crippen molar-refractivity contribution in [3.05, 3.63) is 88.6 Å². The van der Waals surface area contributed by atoms with E-state index in [1.54, 1.807) is 31.2 Å². The summed E-state index contributed by atoms with van der Waals surface area (Å²) in [6.45, 7) is 4.13. The van der Waals surface area contributed by atoms with Gasteiger partial charge in [-0.15, -0.1) is 17.5 Å². The molecule has 0 radical (unpaired) electrons. The van der Waals surface area contributed by atoms with Gasteiger partial charge in [0.05, 0.1) is 18.7 Å². The summed E-state index contributed by atoms with van der Waals surface area (Å²) in [5.74, 6) is -1.50. The van der Waals surface area contributed by atoms with E-state index in [2.05, 4.69) is 25.1 Å². The fraction of sp³-hybridized carbons (Fsp3) is 0.185. The number of carboxylic acid groups (broad SMARTS) is 1. The SMILES string of the molecule is COC(=O)c1ccc([C@H](C)NC(=O)c2cc(C(=O)O)n3nc(N)cc3n2)cc1.Cc1nc2cc(CN)ccc2o1.Cl. The van der Waals surface area contributed by atoms with E-state index >= 15 is 0 Å². The summed E-state index contributed by atoms with van der Waals surface area (Å²) in [5.41, 5.74) is 14.8. The quantitative estimate of drug-likeness (QED) is 0.214. The summed E-state index contributed by atoms with van der Waals surface area (Å²) < 4.78 is 11.0. The number of ether oxygens (including phenoxy) is 1. The molecule has 5 aromatic rings. The number of anilines is 1. The van der Waals surface area contributed by atoms with Crippen molar-refractivity contribution in [2.75, 3.05) is 12.8 Å². The predicted molar refractivity (Wildman–Crippen MR) is 152 cm³/mol. The number of rotatable bonds is 6. The van der Waals surface area contributed by atoms with E-state index in [0.717, 1.165) is 32.8 Å². The number of halogens is 1. The molecule has 1 amide bonds. The fourth-order valence-corrected chi connectivity index (χ4v) is 3.86. The first kappa shape index (κ1) is 30.5. The molecule has 0 saturated carbocycles. The van der Waals surface area contributed by atoms with Crippen LogP contribution in [-0.4, -0.2) is 49.6 Å². The minimum atomic E-state index is -1.27. The fourth-order valence-electron chi connectivity index (χ4n) is 3.86. The van der Waals surface area contributed by atoms with Crippen molar-refractivity contribution < 1.29 is 28.6 Å². The van der Waals surface area contributed by atoms with Gasteiger partial charge in [0.15, 0.2) is 22.8 Å². The number of amides is 1. The van der Waals surface area contributed by atoms with Crippen LogP contribution in [0.4, 0.5) is 5.82 Å². The Morgan fingerprint density at radius 2 is 1.80 bits per heavy atom. The van der Waals surface area contributed by atoms with Gasteiger partial charge in [-0.3, -0.25) is 4.79 Å². The van der Waals surface area contributed by atoms with Crippen LogP contribution in [0.3, 0.4) is 0 Å². The van der Waals surface area contributed by atoms with E-state index in [-0.39, 0.29) is 35.3 Å². The monoisotopic (exact) mass is 581 g/mol. The van der Waals surface area contributed by atoms with Gasteiger partial charge in [-0.2, -0.15) is 0 Å². The molecular formula is C27H28ClN7O6. The van der Waals surface area contributed by atoms with Crippen molar-refractivity contribution >= 4 is 52.8 Å². The maximum Gasteiger partial charge on any atom is 0.354 e. The largest absolute Gasteiger partial charge is 0.477 e. The number of methoxy groups -OCH3 is 1. The molecule has 3 aromatic heterocycles. The highest BCUT2D eigenvalue weighted by molar-refractivity contribution is 5.96. The van der Waals surface area contributed by atoms with E-state index in [1.807, 2.05) is 25.1 Å². The van der Waals surface area contributed by atoms with E-state index < -0.39 is 23.9 Å². The molecule has 6 N–H and O–H groups in total. The zero-order valence-corrected chi connectivity index (χ0v) is 23.1. The normalized spacial score (nSPS) is 11.2. The van der Waals surface area contributed by atoms with Gasteiger partial charge >= 0.3 is 11.9 Å². The first-order valence-corrected chi connectivity index (χ1v) is 12.0. The molecule has 2 aromatic carbocycles. The number of hydrogen-bond acceptors (Lipinski definition) is 10. The molecule has 14 heteroatoms. The topological polar surface area (TPSA) is 201 Å². The Bertz CT molecular complexity index is 1720. The first-order valence-electron chi connectivity index (χ1n) is 12.0. The van der Waals surface area contributed by atoms with Crippen LogP contribution >= 0.6 is 12.4 Å². The van der Waals surface area contributed by atoms with Crippen molar-refractivity contribution in [1.29, 1.82) is 0 Å². The van der Waals surface area contributed by atoms with Gasteiger partial charge in [-0.05, 0) is 42.3 Å². The average molecular weight is 582 g/mol. The molecular weight excluding hydrogens is 554 g/mol. The van der Waals surface area contributed by atoms with Crippen LogP contribution in [0.15, 0.2) is 59.0 Å². The van der Waals surface area contributed by atoms with Crippen LogP contribution < -0.4 is 16.8 Å². The number of aryl methyl sites for hydroxylation is 1. The number of aromatic carboxylic acids is 1. The molecule has 5 rings (SSSR count). The average Bonchev–Trinajstić information content (AvgIpc) is 3.51. The molecule has 0 saturated heterocycles. The van der Waals surface area contributed by atoms with Gasteiger partial charge in [0, 0.05) is 25.6 Å². The third-order valence-electron chi connectivity index (χ3n) is 5.87. The minimum absolute atomic E-state index is 0. The molecule has 0 aliphatic carbocycles. The van der Waals surface area contributed by atoms with E-state index in [9.17, 15) is 19.5 Å². The van der Waals surface area contributed by atoms with Gasteiger partial charge in [-0.1, -0.05) is 18.2 Å². The number of carbonyl (C=O) groups excluding carboxylic acids is 2. The molecule has 0 aliphatic heterocycles. The number of carboxylic acids is 1. The zero-order valence-electron chi connectivity index (χ0n) is 22.3. The number of esters is 1. The van der Waals surface area contributed by atoms with Gasteiger partial charge in [0.1, 0.15) is 17.0 Å². The van der Waals surface area contributed by atoms with Crippen LogP contribution in [0.5, 0.6) is 0 Å². The lowest BCUT2D eigenvalue weighted by Crippen LogP contribution is -2.28. The van der Waals surface area contributed by atoms with Crippen LogP contribution in [0.1, 0.15) is 61.3 Å². The number of nitrogens with one attached hydrogen (secondary N) is 1. The summed E-state index contributed by atoms with van der Waals surface area (Å²) in [7, 11) is 1.29. The second kappa shape index (κ2) is 12.9. The molecule has 1 atom stereocenters. The third kappa shape index (κ3) is 6.96. The number of nitrogens with zero attached hydrogens (tertiary/aromatic N) is 4. The molecule has 0 fully saturated rings. The summed E-state index contributed by atoms with van der Waals surface area (Å²) in [6.07, 6.45) is 0.